The fraction of sp³-hybridized carbons (Fsp3) is 0.478. The largest absolute Gasteiger partial charge is 0.0613 e. The van der Waals surface area contributed by atoms with Crippen molar-refractivity contribution in [2.45, 2.75) is 72.1 Å². The third kappa shape index (κ3) is 2.84. The second-order valence-corrected chi connectivity index (χ2v) is 9.07. The molecule has 0 amide bonds. The maximum absolute atomic E-state index is 2.45. The molecule has 0 bridgehead atoms. The van der Waals surface area contributed by atoms with E-state index in [0.717, 1.165) is 12.8 Å². The van der Waals surface area contributed by atoms with Gasteiger partial charge in [0, 0.05) is 0 Å². The molecule has 0 unspecified atom stereocenters. The normalized spacial score (nSPS) is 13.9. The van der Waals surface area contributed by atoms with Crippen LogP contribution in [-0.4, -0.2) is 0 Å². The highest BCUT2D eigenvalue weighted by atomic mass is 14.3. The van der Waals surface area contributed by atoms with E-state index in [1.165, 1.54) is 38.9 Å². The average molecular weight is 306 g/mol. The van der Waals surface area contributed by atoms with E-state index in [-0.39, 0.29) is 10.8 Å². The lowest BCUT2D eigenvalue weighted by Crippen LogP contribution is -2.12. The van der Waals surface area contributed by atoms with Crippen LogP contribution in [-0.2, 0) is 23.7 Å². The molecule has 23 heavy (non-hydrogen) atoms. The van der Waals surface area contributed by atoms with E-state index in [1.54, 1.807) is 0 Å². The summed E-state index contributed by atoms with van der Waals surface area (Å²) in [5.41, 5.74) is 10.9. The summed E-state index contributed by atoms with van der Waals surface area (Å²) in [6.45, 7) is 16.1. The average Bonchev–Trinajstić information content (AvgIpc) is 2.81. The molecule has 0 heterocycles. The van der Waals surface area contributed by atoms with Crippen molar-refractivity contribution < 1.29 is 0 Å². The summed E-state index contributed by atoms with van der Waals surface area (Å²) in [6.07, 6.45) is 2.19. The zero-order valence-corrected chi connectivity index (χ0v) is 15.8. The van der Waals surface area contributed by atoms with Gasteiger partial charge in [-0.2, -0.15) is 0 Å². The first-order chi connectivity index (χ1) is 10.6. The number of hydrogen-bond acceptors (Lipinski definition) is 0. The molecule has 122 valence electrons. The third-order valence-electron chi connectivity index (χ3n) is 5.17. The lowest BCUT2D eigenvalue weighted by Gasteiger charge is -2.22. The summed E-state index contributed by atoms with van der Waals surface area (Å²) >= 11 is 0. The van der Waals surface area contributed by atoms with Gasteiger partial charge in [0.2, 0.25) is 0 Å². The van der Waals surface area contributed by atoms with Crippen molar-refractivity contribution in [2.24, 2.45) is 0 Å². The van der Waals surface area contributed by atoms with Crippen LogP contribution in [0.1, 0.15) is 76.3 Å². The fourth-order valence-electron chi connectivity index (χ4n) is 3.62. The minimum absolute atomic E-state index is 0.213. The maximum atomic E-state index is 2.45. The lowest BCUT2D eigenvalue weighted by molar-refractivity contribution is 0.589. The SMILES string of the molecule is CCc1cc(C(C)(C)C)cc2c1-c1ccc(C(C)(C)C)cc1C2. The van der Waals surface area contributed by atoms with Gasteiger partial charge in [-0.3, -0.25) is 0 Å². The van der Waals surface area contributed by atoms with Crippen LogP contribution in [0.25, 0.3) is 11.1 Å². The Labute approximate surface area is 141 Å². The van der Waals surface area contributed by atoms with Gasteiger partial charge in [-0.05, 0) is 62.6 Å². The molecule has 0 atom stereocenters. The van der Waals surface area contributed by atoms with Crippen molar-refractivity contribution in [1.82, 2.24) is 0 Å². The number of benzene rings is 2. The van der Waals surface area contributed by atoms with Crippen molar-refractivity contribution in [3.05, 3.63) is 58.1 Å². The Morgan fingerprint density at radius 3 is 1.96 bits per heavy atom. The zero-order valence-electron chi connectivity index (χ0n) is 15.8. The lowest BCUT2D eigenvalue weighted by atomic mass is 9.82. The second-order valence-electron chi connectivity index (χ2n) is 9.07. The molecule has 0 saturated heterocycles. The minimum atomic E-state index is 0.213. The molecule has 0 saturated carbocycles. The highest BCUT2D eigenvalue weighted by molar-refractivity contribution is 5.80. The van der Waals surface area contributed by atoms with E-state index in [2.05, 4.69) is 78.8 Å². The summed E-state index contributed by atoms with van der Waals surface area (Å²) < 4.78 is 0. The molecule has 0 spiro atoms. The van der Waals surface area contributed by atoms with Gasteiger partial charge < -0.3 is 0 Å². The molecular weight excluding hydrogens is 276 g/mol. The van der Waals surface area contributed by atoms with Gasteiger partial charge in [0.15, 0.2) is 0 Å². The smallest absolute Gasteiger partial charge is 0.00131 e. The molecule has 0 aromatic heterocycles. The van der Waals surface area contributed by atoms with E-state index in [1.807, 2.05) is 0 Å². The first-order valence-electron chi connectivity index (χ1n) is 8.91. The predicted molar refractivity (Wildman–Crippen MR) is 101 cm³/mol. The van der Waals surface area contributed by atoms with E-state index in [9.17, 15) is 0 Å². The Bertz CT molecular complexity index is 749. The van der Waals surface area contributed by atoms with Crippen LogP contribution in [0.2, 0.25) is 0 Å². The number of hydrogen-bond donors (Lipinski definition) is 0. The Hall–Kier alpha value is -1.56. The van der Waals surface area contributed by atoms with Crippen LogP contribution in [0.3, 0.4) is 0 Å². The summed E-state index contributed by atoms with van der Waals surface area (Å²) in [7, 11) is 0. The van der Waals surface area contributed by atoms with Crippen LogP contribution in [0.5, 0.6) is 0 Å². The molecule has 0 aliphatic heterocycles. The topological polar surface area (TPSA) is 0 Å². The van der Waals surface area contributed by atoms with Crippen LogP contribution in [0.4, 0.5) is 0 Å². The van der Waals surface area contributed by atoms with E-state index >= 15 is 0 Å². The zero-order chi connectivity index (χ0) is 17.0. The van der Waals surface area contributed by atoms with E-state index in [0.29, 0.717) is 0 Å². The van der Waals surface area contributed by atoms with Crippen molar-refractivity contribution in [2.75, 3.05) is 0 Å². The molecule has 2 aromatic rings. The molecule has 3 rings (SSSR count). The summed E-state index contributed by atoms with van der Waals surface area (Å²) in [5.74, 6) is 0. The molecule has 2 aromatic carbocycles. The molecule has 0 heteroatoms. The minimum Gasteiger partial charge on any atom is -0.0613 e. The quantitative estimate of drug-likeness (QED) is 0.487. The third-order valence-corrected chi connectivity index (χ3v) is 5.17. The van der Waals surface area contributed by atoms with Crippen LogP contribution >= 0.6 is 0 Å². The fourth-order valence-corrected chi connectivity index (χ4v) is 3.62. The maximum Gasteiger partial charge on any atom is -0.00131 e. The van der Waals surface area contributed by atoms with Crippen molar-refractivity contribution >= 4 is 0 Å². The van der Waals surface area contributed by atoms with E-state index < -0.39 is 0 Å². The Balaban J connectivity index is 2.16. The first-order valence-corrected chi connectivity index (χ1v) is 8.91. The highest BCUT2D eigenvalue weighted by Gasteiger charge is 2.26. The summed E-state index contributed by atoms with van der Waals surface area (Å²) in [4.78, 5) is 0. The van der Waals surface area contributed by atoms with Gasteiger partial charge in [0.05, 0.1) is 0 Å². The van der Waals surface area contributed by atoms with Gasteiger partial charge in [-0.1, -0.05) is 78.8 Å². The Morgan fingerprint density at radius 1 is 0.783 bits per heavy atom. The van der Waals surface area contributed by atoms with Crippen LogP contribution < -0.4 is 0 Å². The first kappa shape index (κ1) is 16.3. The Morgan fingerprint density at radius 2 is 1.39 bits per heavy atom. The van der Waals surface area contributed by atoms with Gasteiger partial charge in [-0.25, -0.2) is 0 Å². The predicted octanol–water partition coefficient (Wildman–Crippen LogP) is 6.42. The van der Waals surface area contributed by atoms with Gasteiger partial charge in [0.25, 0.3) is 0 Å². The summed E-state index contributed by atoms with van der Waals surface area (Å²) in [5, 5.41) is 0. The van der Waals surface area contributed by atoms with Crippen molar-refractivity contribution in [3.63, 3.8) is 0 Å². The molecular formula is C23H30. The monoisotopic (exact) mass is 306 g/mol. The summed E-state index contributed by atoms with van der Waals surface area (Å²) in [6, 6.07) is 12.0. The van der Waals surface area contributed by atoms with Gasteiger partial charge in [-0.15, -0.1) is 0 Å². The molecule has 0 radical (unpaired) electrons. The Kier molecular flexibility index (Phi) is 3.71. The van der Waals surface area contributed by atoms with Gasteiger partial charge >= 0.3 is 0 Å². The number of aryl methyl sites for hydroxylation is 1. The van der Waals surface area contributed by atoms with Crippen molar-refractivity contribution in [3.8, 4) is 11.1 Å². The van der Waals surface area contributed by atoms with Crippen molar-refractivity contribution in [1.29, 1.82) is 0 Å². The molecule has 0 N–H and O–H groups in total. The molecule has 0 nitrogen and oxygen atoms in total. The van der Waals surface area contributed by atoms with Crippen LogP contribution in [0, 0.1) is 0 Å². The second kappa shape index (κ2) is 5.23. The highest BCUT2D eigenvalue weighted by Crippen LogP contribution is 2.43. The molecule has 1 aliphatic carbocycles. The molecule has 1 aliphatic rings. The van der Waals surface area contributed by atoms with Crippen LogP contribution in [0.15, 0.2) is 30.3 Å². The van der Waals surface area contributed by atoms with Gasteiger partial charge in [0.1, 0.15) is 0 Å². The number of fused-ring (bicyclic) bond motifs is 3. The standard InChI is InChI=1S/C23H30/c1-8-15-12-19(23(5,6)7)14-17-11-16-13-18(22(2,3)4)9-10-20(16)21(15)17/h9-10,12-14H,8,11H2,1-7H3. The number of rotatable bonds is 1. The molecule has 0 fully saturated rings. The van der Waals surface area contributed by atoms with E-state index in [4.69, 9.17) is 0 Å².